The molecule has 0 spiro atoms. The summed E-state index contributed by atoms with van der Waals surface area (Å²) in [6.07, 6.45) is 1.63. The molecule has 0 radical (unpaired) electrons. The number of anilines is 1. The third-order valence-corrected chi connectivity index (χ3v) is 4.63. The van der Waals surface area contributed by atoms with Crippen LogP contribution < -0.4 is 10.5 Å². The molecule has 0 amide bonds. The summed E-state index contributed by atoms with van der Waals surface area (Å²) in [5, 5.41) is 0. The van der Waals surface area contributed by atoms with Crippen molar-refractivity contribution in [3.05, 3.63) is 53.3 Å². The fraction of sp³-hybridized carbons (Fsp3) is 0.214. The molecule has 0 atom stereocenters. The summed E-state index contributed by atoms with van der Waals surface area (Å²) in [5.74, 6) is 0. The van der Waals surface area contributed by atoms with E-state index in [1.807, 2.05) is 6.07 Å². The minimum absolute atomic E-state index is 0.159. The molecule has 0 unspecified atom stereocenters. The van der Waals surface area contributed by atoms with Crippen molar-refractivity contribution in [3.63, 3.8) is 0 Å². The van der Waals surface area contributed by atoms with Crippen LogP contribution >= 0.6 is 0 Å². The Morgan fingerprint density at radius 3 is 2.40 bits per heavy atom. The van der Waals surface area contributed by atoms with Gasteiger partial charge in [-0.1, -0.05) is 6.07 Å². The first-order valence-electron chi connectivity index (χ1n) is 6.16. The number of benzene rings is 1. The zero-order valence-electron chi connectivity index (χ0n) is 11.4. The molecule has 0 fully saturated rings. The number of nitrogens with two attached hydrogens (primary N) is 1. The van der Waals surface area contributed by atoms with Gasteiger partial charge in [0.2, 0.25) is 10.0 Å². The van der Waals surface area contributed by atoms with E-state index in [2.05, 4.69) is 9.71 Å². The molecule has 3 N–H and O–H groups in total. The van der Waals surface area contributed by atoms with Gasteiger partial charge in [-0.2, -0.15) is 0 Å². The molecule has 0 aliphatic heterocycles. The molecule has 0 saturated carbocycles. The number of hydrogen-bond donors (Lipinski definition) is 2. The molecule has 106 valence electrons. The van der Waals surface area contributed by atoms with Crippen molar-refractivity contribution >= 4 is 15.7 Å². The highest BCUT2D eigenvalue weighted by Gasteiger charge is 2.19. The summed E-state index contributed by atoms with van der Waals surface area (Å²) in [4.78, 5) is 4.37. The number of sulfonamides is 1. The largest absolute Gasteiger partial charge is 0.399 e. The summed E-state index contributed by atoms with van der Waals surface area (Å²) in [6, 6.07) is 8.68. The van der Waals surface area contributed by atoms with Crippen LogP contribution in [0.15, 0.2) is 41.4 Å². The van der Waals surface area contributed by atoms with Gasteiger partial charge in [-0.15, -0.1) is 0 Å². The maximum atomic E-state index is 12.4. The van der Waals surface area contributed by atoms with Crippen molar-refractivity contribution in [3.8, 4) is 0 Å². The zero-order chi connectivity index (χ0) is 14.8. The van der Waals surface area contributed by atoms with Gasteiger partial charge in [0.15, 0.2) is 0 Å². The molecule has 0 aliphatic carbocycles. The molecule has 6 heteroatoms. The SMILES string of the molecule is Cc1cc(N)cc(C)c1S(=O)(=O)NCc1ccccn1. The number of pyridine rings is 1. The van der Waals surface area contributed by atoms with E-state index in [4.69, 9.17) is 5.73 Å². The van der Waals surface area contributed by atoms with Crippen LogP contribution in [-0.4, -0.2) is 13.4 Å². The molecular formula is C14H17N3O2S. The lowest BCUT2D eigenvalue weighted by Crippen LogP contribution is -2.25. The number of hydrogen-bond acceptors (Lipinski definition) is 4. The summed E-state index contributed by atoms with van der Waals surface area (Å²) in [7, 11) is -3.58. The summed E-state index contributed by atoms with van der Waals surface area (Å²) in [6.45, 7) is 3.63. The lowest BCUT2D eigenvalue weighted by atomic mass is 10.1. The second-order valence-electron chi connectivity index (χ2n) is 4.63. The van der Waals surface area contributed by atoms with E-state index in [0.29, 0.717) is 22.5 Å². The molecule has 0 aliphatic rings. The highest BCUT2D eigenvalue weighted by Crippen LogP contribution is 2.22. The third kappa shape index (κ3) is 3.15. The fourth-order valence-electron chi connectivity index (χ4n) is 2.15. The number of aromatic nitrogens is 1. The van der Waals surface area contributed by atoms with Crippen LogP contribution in [0.25, 0.3) is 0 Å². The normalized spacial score (nSPS) is 11.5. The van der Waals surface area contributed by atoms with Crippen molar-refractivity contribution in [2.45, 2.75) is 25.3 Å². The Bertz CT molecular complexity index is 689. The van der Waals surface area contributed by atoms with Gasteiger partial charge >= 0.3 is 0 Å². The van der Waals surface area contributed by atoms with Crippen LogP contribution in [0.3, 0.4) is 0 Å². The Hall–Kier alpha value is -1.92. The summed E-state index contributed by atoms with van der Waals surface area (Å²) in [5.41, 5.74) is 8.21. The maximum absolute atomic E-state index is 12.4. The van der Waals surface area contributed by atoms with Gasteiger partial charge in [-0.25, -0.2) is 13.1 Å². The monoisotopic (exact) mass is 291 g/mol. The van der Waals surface area contributed by atoms with Gasteiger partial charge in [-0.3, -0.25) is 4.98 Å². The Balaban J connectivity index is 2.28. The smallest absolute Gasteiger partial charge is 0.241 e. The van der Waals surface area contributed by atoms with E-state index in [-0.39, 0.29) is 11.4 Å². The molecule has 0 bridgehead atoms. The second-order valence-corrected chi connectivity index (χ2v) is 6.33. The molecule has 2 rings (SSSR count). The molecule has 0 saturated heterocycles. The predicted octanol–water partition coefficient (Wildman–Crippen LogP) is 1.76. The van der Waals surface area contributed by atoms with E-state index in [0.717, 1.165) is 0 Å². The standard InChI is InChI=1S/C14H17N3O2S/c1-10-7-12(15)8-11(2)14(10)20(18,19)17-9-13-5-3-4-6-16-13/h3-8,17H,9,15H2,1-2H3. The maximum Gasteiger partial charge on any atom is 0.241 e. The van der Waals surface area contributed by atoms with Crippen LogP contribution in [0, 0.1) is 13.8 Å². The van der Waals surface area contributed by atoms with Gasteiger partial charge in [0.05, 0.1) is 17.1 Å². The lowest BCUT2D eigenvalue weighted by Gasteiger charge is -2.12. The van der Waals surface area contributed by atoms with Crippen molar-refractivity contribution in [2.24, 2.45) is 0 Å². The van der Waals surface area contributed by atoms with Gasteiger partial charge in [0, 0.05) is 11.9 Å². The van der Waals surface area contributed by atoms with Crippen LogP contribution in [0.5, 0.6) is 0 Å². The summed E-state index contributed by atoms with van der Waals surface area (Å²) < 4.78 is 27.3. The minimum Gasteiger partial charge on any atom is -0.399 e. The third-order valence-electron chi connectivity index (χ3n) is 2.92. The van der Waals surface area contributed by atoms with Crippen molar-refractivity contribution in [1.29, 1.82) is 0 Å². The molecule has 20 heavy (non-hydrogen) atoms. The number of nitrogens with one attached hydrogen (secondary N) is 1. The topological polar surface area (TPSA) is 85.1 Å². The van der Waals surface area contributed by atoms with Crippen LogP contribution in [0.1, 0.15) is 16.8 Å². The van der Waals surface area contributed by atoms with Crippen molar-refractivity contribution in [1.82, 2.24) is 9.71 Å². The number of aryl methyl sites for hydroxylation is 2. The Labute approximate surface area is 118 Å². The van der Waals surface area contributed by atoms with Crippen LogP contribution in [0.2, 0.25) is 0 Å². The zero-order valence-corrected chi connectivity index (χ0v) is 12.2. The van der Waals surface area contributed by atoms with Crippen LogP contribution in [-0.2, 0) is 16.6 Å². The van der Waals surface area contributed by atoms with Crippen molar-refractivity contribution in [2.75, 3.05) is 5.73 Å². The van der Waals surface area contributed by atoms with E-state index < -0.39 is 10.0 Å². The second kappa shape index (κ2) is 5.60. The number of nitrogens with zero attached hydrogens (tertiary/aromatic N) is 1. The van der Waals surface area contributed by atoms with Gasteiger partial charge in [0.1, 0.15) is 0 Å². The fourth-order valence-corrected chi connectivity index (χ4v) is 3.60. The number of rotatable bonds is 4. The molecular weight excluding hydrogens is 274 g/mol. The molecule has 1 heterocycles. The highest BCUT2D eigenvalue weighted by atomic mass is 32.2. The molecule has 1 aromatic carbocycles. The quantitative estimate of drug-likeness (QED) is 0.841. The molecule has 5 nitrogen and oxygen atoms in total. The Kier molecular flexibility index (Phi) is 4.06. The predicted molar refractivity (Wildman–Crippen MR) is 78.6 cm³/mol. The van der Waals surface area contributed by atoms with E-state index >= 15 is 0 Å². The first kappa shape index (κ1) is 14.5. The first-order valence-corrected chi connectivity index (χ1v) is 7.65. The lowest BCUT2D eigenvalue weighted by molar-refractivity contribution is 0.579. The Morgan fingerprint density at radius 1 is 1.20 bits per heavy atom. The first-order chi connectivity index (χ1) is 9.40. The molecule has 1 aromatic heterocycles. The van der Waals surface area contributed by atoms with E-state index in [1.54, 1.807) is 44.3 Å². The average Bonchev–Trinajstić information content (AvgIpc) is 2.36. The number of nitrogen functional groups attached to an aromatic ring is 1. The van der Waals surface area contributed by atoms with E-state index in [9.17, 15) is 8.42 Å². The summed E-state index contributed by atoms with van der Waals surface area (Å²) >= 11 is 0. The Morgan fingerprint density at radius 2 is 1.85 bits per heavy atom. The van der Waals surface area contributed by atoms with E-state index in [1.165, 1.54) is 0 Å². The average molecular weight is 291 g/mol. The minimum atomic E-state index is -3.58. The van der Waals surface area contributed by atoms with Gasteiger partial charge < -0.3 is 5.73 Å². The molecule has 2 aromatic rings. The van der Waals surface area contributed by atoms with Crippen molar-refractivity contribution < 1.29 is 8.42 Å². The van der Waals surface area contributed by atoms with Crippen LogP contribution in [0.4, 0.5) is 5.69 Å². The highest BCUT2D eigenvalue weighted by molar-refractivity contribution is 7.89. The van der Waals surface area contributed by atoms with Gasteiger partial charge in [0.25, 0.3) is 0 Å². The van der Waals surface area contributed by atoms with Gasteiger partial charge in [-0.05, 0) is 49.2 Å².